The lowest BCUT2D eigenvalue weighted by Gasteiger charge is -2.09. The van der Waals surface area contributed by atoms with Gasteiger partial charge in [0, 0.05) is 6.54 Å². The highest BCUT2D eigenvalue weighted by molar-refractivity contribution is 5.57. The van der Waals surface area contributed by atoms with Crippen LogP contribution in [-0.4, -0.2) is 17.8 Å². The lowest BCUT2D eigenvalue weighted by Crippen LogP contribution is -2.07. The molecule has 1 atom stereocenters. The van der Waals surface area contributed by atoms with Crippen LogP contribution in [0.15, 0.2) is 18.2 Å². The number of nitrogens with one attached hydrogen (secondary N) is 1. The van der Waals surface area contributed by atoms with Crippen LogP contribution in [0.3, 0.4) is 0 Å². The number of hydrogen-bond acceptors (Lipinski definition) is 3. The van der Waals surface area contributed by atoms with E-state index in [0.717, 1.165) is 6.42 Å². The van der Waals surface area contributed by atoms with Gasteiger partial charge in [-0.2, -0.15) is 5.26 Å². The van der Waals surface area contributed by atoms with E-state index in [1.807, 2.05) is 6.07 Å². The number of halogens is 1. The predicted molar refractivity (Wildman–Crippen MR) is 60.5 cm³/mol. The van der Waals surface area contributed by atoms with Gasteiger partial charge in [-0.05, 0) is 31.9 Å². The molecule has 86 valence electrons. The van der Waals surface area contributed by atoms with Crippen LogP contribution in [0.2, 0.25) is 0 Å². The van der Waals surface area contributed by atoms with Crippen molar-refractivity contribution in [3.8, 4) is 6.07 Å². The van der Waals surface area contributed by atoms with Crippen LogP contribution in [0, 0.1) is 17.1 Å². The number of aliphatic hydroxyl groups is 1. The summed E-state index contributed by atoms with van der Waals surface area (Å²) in [6, 6.07) is 6.32. The van der Waals surface area contributed by atoms with Gasteiger partial charge in [0.15, 0.2) is 0 Å². The van der Waals surface area contributed by atoms with E-state index < -0.39 is 5.82 Å². The van der Waals surface area contributed by atoms with Crippen molar-refractivity contribution in [2.24, 2.45) is 0 Å². The molecule has 1 aromatic rings. The number of rotatable bonds is 5. The van der Waals surface area contributed by atoms with E-state index in [0.29, 0.717) is 18.7 Å². The van der Waals surface area contributed by atoms with Gasteiger partial charge < -0.3 is 10.4 Å². The molecule has 0 aliphatic heterocycles. The smallest absolute Gasteiger partial charge is 0.143 e. The lowest BCUT2D eigenvalue weighted by atomic mass is 10.1. The largest absolute Gasteiger partial charge is 0.393 e. The summed E-state index contributed by atoms with van der Waals surface area (Å²) in [5, 5.41) is 20.8. The van der Waals surface area contributed by atoms with Crippen LogP contribution in [0.5, 0.6) is 0 Å². The summed E-state index contributed by atoms with van der Waals surface area (Å²) in [7, 11) is 0. The maximum Gasteiger partial charge on any atom is 0.143 e. The summed E-state index contributed by atoms with van der Waals surface area (Å²) < 4.78 is 13.2. The summed E-state index contributed by atoms with van der Waals surface area (Å²) in [6.45, 7) is 2.34. The highest BCUT2D eigenvalue weighted by Gasteiger charge is 2.06. The molecule has 16 heavy (non-hydrogen) atoms. The SMILES string of the molecule is CC(O)CCCNc1cccc(F)c1C#N. The number of nitriles is 1. The number of nitrogens with zero attached hydrogens (tertiary/aromatic N) is 1. The van der Waals surface area contributed by atoms with Crippen molar-refractivity contribution in [1.82, 2.24) is 0 Å². The van der Waals surface area contributed by atoms with Gasteiger partial charge in [-0.25, -0.2) is 4.39 Å². The second kappa shape index (κ2) is 6.09. The molecule has 0 aliphatic carbocycles. The number of aliphatic hydroxyl groups excluding tert-OH is 1. The van der Waals surface area contributed by atoms with Crippen LogP contribution in [0.25, 0.3) is 0 Å². The second-order valence-corrected chi connectivity index (χ2v) is 3.69. The standard InChI is InChI=1S/C12H15FN2O/c1-9(16)4-3-7-15-12-6-2-5-11(13)10(12)8-14/h2,5-6,9,15-16H,3-4,7H2,1H3. The maximum atomic E-state index is 13.2. The van der Waals surface area contributed by atoms with Gasteiger partial charge in [0.2, 0.25) is 0 Å². The Morgan fingerprint density at radius 1 is 1.56 bits per heavy atom. The Kier molecular flexibility index (Phi) is 4.74. The predicted octanol–water partition coefficient (Wildman–Crippen LogP) is 2.27. The molecule has 1 unspecified atom stereocenters. The van der Waals surface area contributed by atoms with Crippen LogP contribution in [0.4, 0.5) is 10.1 Å². The Hall–Kier alpha value is -1.60. The minimum Gasteiger partial charge on any atom is -0.393 e. The zero-order valence-corrected chi connectivity index (χ0v) is 9.20. The van der Waals surface area contributed by atoms with E-state index in [-0.39, 0.29) is 11.7 Å². The highest BCUT2D eigenvalue weighted by atomic mass is 19.1. The number of hydrogen-bond donors (Lipinski definition) is 2. The molecule has 2 N–H and O–H groups in total. The second-order valence-electron chi connectivity index (χ2n) is 3.69. The number of benzene rings is 1. The third-order valence-corrected chi connectivity index (χ3v) is 2.24. The summed E-state index contributed by atoms with van der Waals surface area (Å²) in [4.78, 5) is 0. The van der Waals surface area contributed by atoms with E-state index in [2.05, 4.69) is 5.32 Å². The first-order valence-corrected chi connectivity index (χ1v) is 5.25. The van der Waals surface area contributed by atoms with Gasteiger partial charge in [0.05, 0.1) is 11.8 Å². The van der Waals surface area contributed by atoms with Crippen molar-refractivity contribution in [3.63, 3.8) is 0 Å². The van der Waals surface area contributed by atoms with E-state index >= 15 is 0 Å². The van der Waals surface area contributed by atoms with Gasteiger partial charge >= 0.3 is 0 Å². The zero-order chi connectivity index (χ0) is 12.0. The summed E-state index contributed by atoms with van der Waals surface area (Å²) in [5.74, 6) is -0.511. The average Bonchev–Trinajstić information content (AvgIpc) is 2.24. The Morgan fingerprint density at radius 2 is 2.31 bits per heavy atom. The Bertz CT molecular complexity index is 385. The molecule has 1 aromatic carbocycles. The van der Waals surface area contributed by atoms with Gasteiger partial charge in [-0.3, -0.25) is 0 Å². The Balaban J connectivity index is 2.54. The zero-order valence-electron chi connectivity index (χ0n) is 9.20. The molecule has 0 amide bonds. The maximum absolute atomic E-state index is 13.2. The van der Waals surface area contributed by atoms with Crippen molar-refractivity contribution in [2.75, 3.05) is 11.9 Å². The topological polar surface area (TPSA) is 56.0 Å². The summed E-state index contributed by atoms with van der Waals surface area (Å²) in [5.41, 5.74) is 0.549. The summed E-state index contributed by atoms with van der Waals surface area (Å²) in [6.07, 6.45) is 1.13. The van der Waals surface area contributed by atoms with Crippen molar-refractivity contribution in [2.45, 2.75) is 25.9 Å². The molecule has 0 aliphatic rings. The van der Waals surface area contributed by atoms with Crippen LogP contribution >= 0.6 is 0 Å². The van der Waals surface area contributed by atoms with Crippen molar-refractivity contribution >= 4 is 5.69 Å². The van der Waals surface area contributed by atoms with E-state index in [4.69, 9.17) is 10.4 Å². The van der Waals surface area contributed by atoms with Gasteiger partial charge in [-0.15, -0.1) is 0 Å². The molecule has 0 aromatic heterocycles. The first-order chi connectivity index (χ1) is 7.65. The molecular formula is C12H15FN2O. The summed E-state index contributed by atoms with van der Waals surface area (Å²) >= 11 is 0. The van der Waals surface area contributed by atoms with E-state index in [9.17, 15) is 4.39 Å². The molecule has 0 radical (unpaired) electrons. The first kappa shape index (κ1) is 12.5. The number of anilines is 1. The van der Waals surface area contributed by atoms with Crippen LogP contribution in [-0.2, 0) is 0 Å². The van der Waals surface area contributed by atoms with Gasteiger partial charge in [0.25, 0.3) is 0 Å². The Morgan fingerprint density at radius 3 is 2.94 bits per heavy atom. The fraction of sp³-hybridized carbons (Fsp3) is 0.417. The fourth-order valence-electron chi connectivity index (χ4n) is 1.41. The molecule has 0 fully saturated rings. The quantitative estimate of drug-likeness (QED) is 0.751. The van der Waals surface area contributed by atoms with Crippen molar-refractivity contribution in [1.29, 1.82) is 5.26 Å². The fourth-order valence-corrected chi connectivity index (χ4v) is 1.41. The minimum absolute atomic E-state index is 0.0412. The third-order valence-electron chi connectivity index (χ3n) is 2.24. The van der Waals surface area contributed by atoms with Crippen LogP contribution in [0.1, 0.15) is 25.3 Å². The normalized spacial score (nSPS) is 11.9. The molecule has 1 rings (SSSR count). The van der Waals surface area contributed by atoms with E-state index in [1.165, 1.54) is 6.07 Å². The average molecular weight is 222 g/mol. The van der Waals surface area contributed by atoms with Crippen LogP contribution < -0.4 is 5.32 Å². The first-order valence-electron chi connectivity index (χ1n) is 5.25. The molecule has 0 saturated carbocycles. The van der Waals surface area contributed by atoms with Gasteiger partial charge in [-0.1, -0.05) is 6.07 Å². The lowest BCUT2D eigenvalue weighted by molar-refractivity contribution is 0.183. The molecule has 4 heteroatoms. The molecule has 0 saturated heterocycles. The van der Waals surface area contributed by atoms with Crippen molar-refractivity contribution < 1.29 is 9.50 Å². The molecule has 0 spiro atoms. The Labute approximate surface area is 94.5 Å². The highest BCUT2D eigenvalue weighted by Crippen LogP contribution is 2.17. The van der Waals surface area contributed by atoms with Gasteiger partial charge in [0.1, 0.15) is 17.4 Å². The molecule has 0 heterocycles. The molecule has 3 nitrogen and oxygen atoms in total. The third kappa shape index (κ3) is 3.52. The van der Waals surface area contributed by atoms with E-state index in [1.54, 1.807) is 19.1 Å². The molecule has 0 bridgehead atoms. The monoisotopic (exact) mass is 222 g/mol. The minimum atomic E-state index is -0.511. The molecular weight excluding hydrogens is 207 g/mol. The van der Waals surface area contributed by atoms with Crippen molar-refractivity contribution in [3.05, 3.63) is 29.6 Å².